The van der Waals surface area contributed by atoms with Gasteiger partial charge in [0.2, 0.25) is 11.8 Å². The van der Waals surface area contributed by atoms with Crippen LogP contribution in [0.5, 0.6) is 0 Å². The Hall–Kier alpha value is -1.88. The smallest absolute Gasteiger partial charge is 0.227 e. The third-order valence-corrected chi connectivity index (χ3v) is 6.55. The summed E-state index contributed by atoms with van der Waals surface area (Å²) in [4.78, 5) is 29.6. The summed E-state index contributed by atoms with van der Waals surface area (Å²) in [6.07, 6.45) is 4.48. The first-order valence-electron chi connectivity index (χ1n) is 9.98. The maximum absolute atomic E-state index is 13.0. The van der Waals surface area contributed by atoms with Crippen molar-refractivity contribution in [3.8, 4) is 0 Å². The highest BCUT2D eigenvalue weighted by atomic mass is 16.2. The Morgan fingerprint density at radius 1 is 1.00 bits per heavy atom. The largest absolute Gasteiger partial charge is 0.342 e. The van der Waals surface area contributed by atoms with Gasteiger partial charge >= 0.3 is 0 Å². The van der Waals surface area contributed by atoms with Gasteiger partial charge in [0, 0.05) is 32.2 Å². The van der Waals surface area contributed by atoms with Crippen LogP contribution in [0.4, 0.5) is 0 Å². The molecule has 0 aromatic heterocycles. The molecule has 26 heavy (non-hydrogen) atoms. The first kappa shape index (κ1) is 17.5. The minimum absolute atomic E-state index is 0.0430. The molecule has 1 saturated carbocycles. The van der Waals surface area contributed by atoms with Crippen LogP contribution in [-0.2, 0) is 16.0 Å². The van der Waals surface area contributed by atoms with Crippen molar-refractivity contribution in [2.75, 3.05) is 26.2 Å². The first-order chi connectivity index (χ1) is 12.6. The van der Waals surface area contributed by atoms with Crippen molar-refractivity contribution < 1.29 is 9.59 Å². The Kier molecular flexibility index (Phi) is 4.98. The highest BCUT2D eigenvalue weighted by molar-refractivity contribution is 5.82. The monoisotopic (exact) mass is 355 g/mol. The molecule has 2 amide bonds. The van der Waals surface area contributed by atoms with E-state index >= 15 is 0 Å². The molecule has 0 bridgehead atoms. The number of nitrogens with two attached hydrogens (primary N) is 1. The molecule has 2 saturated heterocycles. The molecule has 1 aromatic rings. The molecule has 3 fully saturated rings. The number of carbonyl (C=O) groups excluding carboxylic acids is 2. The van der Waals surface area contributed by atoms with Crippen LogP contribution in [0.25, 0.3) is 0 Å². The Balaban J connectivity index is 1.34. The van der Waals surface area contributed by atoms with E-state index in [0.29, 0.717) is 24.8 Å². The van der Waals surface area contributed by atoms with E-state index < -0.39 is 0 Å². The van der Waals surface area contributed by atoms with Crippen molar-refractivity contribution in [3.05, 3.63) is 35.9 Å². The molecule has 4 atom stereocenters. The van der Waals surface area contributed by atoms with Gasteiger partial charge in [-0.15, -0.1) is 0 Å². The van der Waals surface area contributed by atoms with Crippen molar-refractivity contribution in [1.29, 1.82) is 0 Å². The molecule has 3 aliphatic rings. The maximum Gasteiger partial charge on any atom is 0.227 e. The van der Waals surface area contributed by atoms with E-state index in [1.54, 1.807) is 0 Å². The Labute approximate surface area is 155 Å². The molecule has 0 spiro atoms. The van der Waals surface area contributed by atoms with Gasteiger partial charge in [-0.05, 0) is 43.1 Å². The summed E-state index contributed by atoms with van der Waals surface area (Å²) in [5, 5.41) is 0. The number of hydrogen-bond donors (Lipinski definition) is 1. The van der Waals surface area contributed by atoms with Gasteiger partial charge in [-0.25, -0.2) is 0 Å². The molecule has 4 unspecified atom stereocenters. The van der Waals surface area contributed by atoms with Crippen molar-refractivity contribution in [3.63, 3.8) is 0 Å². The number of nitrogens with zero attached hydrogens (tertiary/aromatic N) is 2. The highest BCUT2D eigenvalue weighted by Crippen LogP contribution is 2.38. The lowest BCUT2D eigenvalue weighted by molar-refractivity contribution is -0.140. The average molecular weight is 355 g/mol. The fourth-order valence-corrected chi connectivity index (χ4v) is 5.03. The molecule has 5 heteroatoms. The van der Waals surface area contributed by atoms with E-state index in [4.69, 9.17) is 5.73 Å². The second kappa shape index (κ2) is 7.39. The standard InChI is InChI=1S/C21H29N3O2/c22-19-9-8-16-12-24(14-18(16)19)21(26)17-7-4-10-23(13-17)20(25)11-15-5-2-1-3-6-15/h1-3,5-6,16-19H,4,7-14,22H2. The lowest BCUT2D eigenvalue weighted by Gasteiger charge is -2.34. The zero-order valence-corrected chi connectivity index (χ0v) is 15.3. The predicted molar refractivity (Wildman–Crippen MR) is 100 cm³/mol. The fraction of sp³-hybridized carbons (Fsp3) is 0.619. The summed E-state index contributed by atoms with van der Waals surface area (Å²) in [5.74, 6) is 1.41. The third kappa shape index (κ3) is 3.50. The fourth-order valence-electron chi connectivity index (χ4n) is 5.03. The molecule has 5 nitrogen and oxygen atoms in total. The van der Waals surface area contributed by atoms with E-state index in [0.717, 1.165) is 50.9 Å². The summed E-state index contributed by atoms with van der Waals surface area (Å²) in [5.41, 5.74) is 7.24. The van der Waals surface area contributed by atoms with Crippen molar-refractivity contribution >= 4 is 11.8 Å². The first-order valence-corrected chi connectivity index (χ1v) is 9.98. The highest BCUT2D eigenvalue weighted by Gasteiger charge is 2.44. The number of rotatable bonds is 3. The van der Waals surface area contributed by atoms with E-state index in [1.165, 1.54) is 0 Å². The van der Waals surface area contributed by atoms with Crippen LogP contribution in [0, 0.1) is 17.8 Å². The third-order valence-electron chi connectivity index (χ3n) is 6.55. The lowest BCUT2D eigenvalue weighted by atomic mass is 9.95. The lowest BCUT2D eigenvalue weighted by Crippen LogP contribution is -2.47. The second-order valence-corrected chi connectivity index (χ2v) is 8.25. The van der Waals surface area contributed by atoms with Crippen LogP contribution in [0.1, 0.15) is 31.2 Å². The molecule has 2 heterocycles. The van der Waals surface area contributed by atoms with Gasteiger partial charge in [0.1, 0.15) is 0 Å². The number of likely N-dealkylation sites (tertiary alicyclic amines) is 2. The Morgan fingerprint density at radius 3 is 2.58 bits per heavy atom. The second-order valence-electron chi connectivity index (χ2n) is 8.25. The zero-order chi connectivity index (χ0) is 18.1. The van der Waals surface area contributed by atoms with E-state index in [9.17, 15) is 9.59 Å². The molecule has 2 aliphatic heterocycles. The van der Waals surface area contributed by atoms with Gasteiger partial charge in [0.05, 0.1) is 12.3 Å². The topological polar surface area (TPSA) is 66.6 Å². The molecule has 4 rings (SSSR count). The van der Waals surface area contributed by atoms with Gasteiger partial charge < -0.3 is 15.5 Å². The van der Waals surface area contributed by atoms with Crippen molar-refractivity contribution in [2.45, 2.75) is 38.1 Å². The molecule has 2 N–H and O–H groups in total. The van der Waals surface area contributed by atoms with E-state index in [-0.39, 0.29) is 23.8 Å². The number of hydrogen-bond acceptors (Lipinski definition) is 3. The normalized spacial score (nSPS) is 31.1. The van der Waals surface area contributed by atoms with Gasteiger partial charge in [-0.2, -0.15) is 0 Å². The molecule has 1 aromatic carbocycles. The summed E-state index contributed by atoms with van der Waals surface area (Å²) >= 11 is 0. The summed E-state index contributed by atoms with van der Waals surface area (Å²) in [7, 11) is 0. The minimum atomic E-state index is -0.0430. The zero-order valence-electron chi connectivity index (χ0n) is 15.3. The number of benzene rings is 1. The maximum atomic E-state index is 13.0. The SMILES string of the molecule is NC1CCC2CN(C(=O)C3CCCN(C(=O)Cc4ccccc4)C3)CC12. The van der Waals surface area contributed by atoms with Crippen LogP contribution >= 0.6 is 0 Å². The van der Waals surface area contributed by atoms with Crippen LogP contribution in [-0.4, -0.2) is 53.8 Å². The van der Waals surface area contributed by atoms with Crippen LogP contribution in [0.2, 0.25) is 0 Å². The van der Waals surface area contributed by atoms with Crippen LogP contribution in [0.15, 0.2) is 30.3 Å². The van der Waals surface area contributed by atoms with Crippen molar-refractivity contribution in [2.24, 2.45) is 23.5 Å². The molecular formula is C21H29N3O2. The molecule has 1 aliphatic carbocycles. The number of carbonyl (C=O) groups is 2. The number of fused-ring (bicyclic) bond motifs is 1. The van der Waals surface area contributed by atoms with Gasteiger partial charge in [0.25, 0.3) is 0 Å². The van der Waals surface area contributed by atoms with Gasteiger partial charge in [-0.1, -0.05) is 30.3 Å². The minimum Gasteiger partial charge on any atom is -0.342 e. The van der Waals surface area contributed by atoms with Gasteiger partial charge in [0.15, 0.2) is 0 Å². The summed E-state index contributed by atoms with van der Waals surface area (Å²) in [6, 6.07) is 10.1. The number of amides is 2. The summed E-state index contributed by atoms with van der Waals surface area (Å²) in [6.45, 7) is 3.03. The molecule has 0 radical (unpaired) electrons. The van der Waals surface area contributed by atoms with E-state index in [2.05, 4.69) is 0 Å². The van der Waals surface area contributed by atoms with Crippen molar-refractivity contribution in [1.82, 2.24) is 9.80 Å². The van der Waals surface area contributed by atoms with Crippen LogP contribution in [0.3, 0.4) is 0 Å². The predicted octanol–water partition coefficient (Wildman–Crippen LogP) is 1.66. The molecular weight excluding hydrogens is 326 g/mol. The Bertz CT molecular complexity index is 662. The Morgan fingerprint density at radius 2 is 1.81 bits per heavy atom. The molecule has 140 valence electrons. The van der Waals surface area contributed by atoms with Gasteiger partial charge in [-0.3, -0.25) is 9.59 Å². The quantitative estimate of drug-likeness (QED) is 0.897. The van der Waals surface area contributed by atoms with E-state index in [1.807, 2.05) is 40.1 Å². The van der Waals surface area contributed by atoms with Crippen LogP contribution < -0.4 is 5.73 Å². The average Bonchev–Trinajstić information content (AvgIpc) is 3.24. The summed E-state index contributed by atoms with van der Waals surface area (Å²) < 4.78 is 0. The number of piperidine rings is 1.